The van der Waals surface area contributed by atoms with Crippen LogP contribution in [0.15, 0.2) is 65.8 Å². The minimum Gasteiger partial charge on any atom is -0.337 e. The number of aromatic nitrogens is 2. The number of anilines is 1. The van der Waals surface area contributed by atoms with Gasteiger partial charge in [0.2, 0.25) is 11.3 Å². The molecule has 2 heterocycles. The number of benzene rings is 2. The monoisotopic (exact) mass is 443 g/mol. The fraction of sp³-hybridized carbons (Fsp3) is 0.154. The van der Waals surface area contributed by atoms with Gasteiger partial charge >= 0.3 is 0 Å². The van der Waals surface area contributed by atoms with Crippen LogP contribution in [0.3, 0.4) is 0 Å². The average molecular weight is 443 g/mol. The van der Waals surface area contributed by atoms with Gasteiger partial charge < -0.3 is 9.88 Å². The molecule has 0 saturated carbocycles. The Balaban J connectivity index is 1.78. The molecule has 0 unspecified atom stereocenters. The summed E-state index contributed by atoms with van der Waals surface area (Å²) in [6, 6.07) is 11.1. The van der Waals surface area contributed by atoms with Gasteiger partial charge in [0.15, 0.2) is 5.78 Å². The summed E-state index contributed by atoms with van der Waals surface area (Å²) in [5, 5.41) is 3.03. The largest absolute Gasteiger partial charge is 0.337 e. The van der Waals surface area contributed by atoms with Crippen LogP contribution in [0.1, 0.15) is 32.6 Å². The SMILES string of the molecule is Cc1cc2c(=O)c(C(=O)c3ccncc3)cn(CC(=O)Nc3ccc(C)c(F)c3)c2cc1C. The molecule has 1 amide bonds. The second-order valence-corrected chi connectivity index (χ2v) is 8.03. The fourth-order valence-corrected chi connectivity index (χ4v) is 3.63. The average Bonchev–Trinajstić information content (AvgIpc) is 2.79. The van der Waals surface area contributed by atoms with Gasteiger partial charge in [-0.3, -0.25) is 19.4 Å². The van der Waals surface area contributed by atoms with Crippen LogP contribution in [-0.2, 0) is 11.3 Å². The Bertz CT molecular complexity index is 1460. The van der Waals surface area contributed by atoms with E-state index in [0.29, 0.717) is 27.7 Å². The first kappa shape index (κ1) is 22.1. The van der Waals surface area contributed by atoms with Crippen LogP contribution >= 0.6 is 0 Å². The van der Waals surface area contributed by atoms with E-state index < -0.39 is 22.9 Å². The minimum atomic E-state index is -0.447. The predicted molar refractivity (Wildman–Crippen MR) is 125 cm³/mol. The molecular weight excluding hydrogens is 421 g/mol. The molecule has 2 aromatic heterocycles. The first-order chi connectivity index (χ1) is 15.7. The zero-order valence-electron chi connectivity index (χ0n) is 18.5. The molecule has 2 aromatic carbocycles. The Morgan fingerprint density at radius 1 is 0.970 bits per heavy atom. The standard InChI is InChI=1S/C26H22FN3O3/c1-15-4-5-19(12-22(15)27)29-24(31)14-30-13-21(25(32)18-6-8-28-9-7-18)26(33)20-10-16(2)17(3)11-23(20)30/h4-13H,14H2,1-3H3,(H,29,31). The molecule has 4 aromatic rings. The lowest BCUT2D eigenvalue weighted by molar-refractivity contribution is -0.116. The van der Waals surface area contributed by atoms with E-state index in [0.717, 1.165) is 11.1 Å². The van der Waals surface area contributed by atoms with E-state index in [1.54, 1.807) is 29.7 Å². The fourth-order valence-electron chi connectivity index (χ4n) is 3.63. The molecule has 166 valence electrons. The summed E-state index contributed by atoms with van der Waals surface area (Å²) in [7, 11) is 0. The van der Waals surface area contributed by atoms with Crippen molar-refractivity contribution in [3.8, 4) is 0 Å². The van der Waals surface area contributed by atoms with Gasteiger partial charge in [-0.15, -0.1) is 0 Å². The van der Waals surface area contributed by atoms with Crippen LogP contribution in [-0.4, -0.2) is 21.2 Å². The van der Waals surface area contributed by atoms with E-state index >= 15 is 0 Å². The molecule has 0 aliphatic heterocycles. The van der Waals surface area contributed by atoms with Crippen LogP contribution in [0, 0.1) is 26.6 Å². The third-order valence-corrected chi connectivity index (χ3v) is 5.65. The number of nitrogens with one attached hydrogen (secondary N) is 1. The number of rotatable bonds is 5. The van der Waals surface area contributed by atoms with Crippen LogP contribution in [0.25, 0.3) is 10.9 Å². The lowest BCUT2D eigenvalue weighted by Gasteiger charge is -2.15. The number of hydrogen-bond acceptors (Lipinski definition) is 4. The highest BCUT2D eigenvalue weighted by atomic mass is 19.1. The molecule has 0 atom stereocenters. The third-order valence-electron chi connectivity index (χ3n) is 5.65. The maximum atomic E-state index is 13.9. The lowest BCUT2D eigenvalue weighted by Crippen LogP contribution is -2.24. The zero-order chi connectivity index (χ0) is 23.7. The molecule has 4 rings (SSSR count). The van der Waals surface area contributed by atoms with Crippen molar-refractivity contribution in [2.75, 3.05) is 5.32 Å². The van der Waals surface area contributed by atoms with Gasteiger partial charge in [0.25, 0.3) is 0 Å². The summed E-state index contributed by atoms with van der Waals surface area (Å²) >= 11 is 0. The number of nitrogens with zero attached hydrogens (tertiary/aromatic N) is 2. The van der Waals surface area contributed by atoms with E-state index in [-0.39, 0.29) is 12.1 Å². The number of carbonyl (C=O) groups excluding carboxylic acids is 2. The minimum absolute atomic E-state index is 0.0360. The van der Waals surface area contributed by atoms with Crippen LogP contribution in [0.5, 0.6) is 0 Å². The highest BCUT2D eigenvalue weighted by Crippen LogP contribution is 2.20. The summed E-state index contributed by atoms with van der Waals surface area (Å²) in [4.78, 5) is 43.0. The lowest BCUT2D eigenvalue weighted by atomic mass is 10.0. The molecule has 0 saturated heterocycles. The van der Waals surface area contributed by atoms with Gasteiger partial charge in [0.1, 0.15) is 12.4 Å². The first-order valence-corrected chi connectivity index (χ1v) is 10.4. The Morgan fingerprint density at radius 3 is 2.36 bits per heavy atom. The number of hydrogen-bond donors (Lipinski definition) is 1. The highest BCUT2D eigenvalue weighted by Gasteiger charge is 2.19. The van der Waals surface area contributed by atoms with Crippen molar-refractivity contribution in [1.82, 2.24) is 9.55 Å². The summed E-state index contributed by atoms with van der Waals surface area (Å²) in [5.41, 5.74) is 3.09. The Hall–Kier alpha value is -4.13. The molecule has 0 bridgehead atoms. The Morgan fingerprint density at radius 2 is 1.67 bits per heavy atom. The second kappa shape index (κ2) is 8.78. The van der Waals surface area contributed by atoms with Crippen molar-refractivity contribution in [2.24, 2.45) is 0 Å². The van der Waals surface area contributed by atoms with Crippen LogP contribution in [0.4, 0.5) is 10.1 Å². The third kappa shape index (κ3) is 4.43. The van der Waals surface area contributed by atoms with Gasteiger partial charge in [-0.1, -0.05) is 6.07 Å². The number of fused-ring (bicyclic) bond motifs is 1. The molecule has 33 heavy (non-hydrogen) atoms. The predicted octanol–water partition coefficient (Wildman–Crippen LogP) is 4.33. The number of pyridine rings is 2. The number of aryl methyl sites for hydroxylation is 3. The van der Waals surface area contributed by atoms with Crippen molar-refractivity contribution in [2.45, 2.75) is 27.3 Å². The van der Waals surface area contributed by atoms with Gasteiger partial charge in [0, 0.05) is 35.2 Å². The van der Waals surface area contributed by atoms with Crippen molar-refractivity contribution >= 4 is 28.3 Å². The molecular formula is C26H22FN3O3. The topological polar surface area (TPSA) is 81.1 Å². The first-order valence-electron chi connectivity index (χ1n) is 10.4. The Labute approximate surface area is 189 Å². The zero-order valence-corrected chi connectivity index (χ0v) is 18.5. The summed E-state index contributed by atoms with van der Waals surface area (Å²) < 4.78 is 15.4. The van der Waals surface area contributed by atoms with E-state index in [1.165, 1.54) is 36.8 Å². The van der Waals surface area contributed by atoms with Crippen LogP contribution in [0.2, 0.25) is 0 Å². The van der Waals surface area contributed by atoms with Gasteiger partial charge in [-0.2, -0.15) is 0 Å². The molecule has 0 fully saturated rings. The van der Waals surface area contributed by atoms with Crippen LogP contribution < -0.4 is 10.7 Å². The van der Waals surface area contributed by atoms with E-state index in [2.05, 4.69) is 10.3 Å². The van der Waals surface area contributed by atoms with Crippen molar-refractivity contribution in [1.29, 1.82) is 0 Å². The van der Waals surface area contributed by atoms with Crippen molar-refractivity contribution in [3.63, 3.8) is 0 Å². The maximum Gasteiger partial charge on any atom is 0.244 e. The smallest absolute Gasteiger partial charge is 0.244 e. The Kier molecular flexibility index (Phi) is 5.87. The molecule has 0 aliphatic rings. The summed E-state index contributed by atoms with van der Waals surface area (Å²) in [5.74, 6) is -1.28. The molecule has 6 nitrogen and oxygen atoms in total. The molecule has 0 radical (unpaired) electrons. The van der Waals surface area contributed by atoms with Gasteiger partial charge in [0.05, 0.1) is 11.1 Å². The molecule has 0 aliphatic carbocycles. The number of halogens is 1. The van der Waals surface area contributed by atoms with E-state index in [1.807, 2.05) is 19.9 Å². The number of ketones is 1. The maximum absolute atomic E-state index is 13.9. The molecule has 0 spiro atoms. The second-order valence-electron chi connectivity index (χ2n) is 8.03. The highest BCUT2D eigenvalue weighted by molar-refractivity contribution is 6.10. The normalized spacial score (nSPS) is 10.9. The van der Waals surface area contributed by atoms with E-state index in [9.17, 15) is 18.8 Å². The van der Waals surface area contributed by atoms with Gasteiger partial charge in [-0.05, 0) is 73.9 Å². The van der Waals surface area contributed by atoms with Crippen molar-refractivity contribution < 1.29 is 14.0 Å². The molecule has 7 heteroatoms. The van der Waals surface area contributed by atoms with E-state index in [4.69, 9.17) is 0 Å². The number of carbonyl (C=O) groups is 2. The van der Waals surface area contributed by atoms with Crippen molar-refractivity contribution in [3.05, 3.63) is 105 Å². The summed E-state index contributed by atoms with van der Waals surface area (Å²) in [6.45, 7) is 5.27. The number of amides is 1. The quantitative estimate of drug-likeness (QED) is 0.466. The molecule has 1 N–H and O–H groups in total. The van der Waals surface area contributed by atoms with Gasteiger partial charge in [-0.25, -0.2) is 4.39 Å². The summed E-state index contributed by atoms with van der Waals surface area (Å²) in [6.07, 6.45) is 4.38.